The summed E-state index contributed by atoms with van der Waals surface area (Å²) in [4.78, 5) is 22.2. The number of primary amides is 1. The number of carbonyl (C=O) groups excluding carboxylic acids is 1. The van der Waals surface area contributed by atoms with Crippen LogP contribution in [0, 0.1) is 6.92 Å². The topological polar surface area (TPSA) is 81.3 Å². The third kappa shape index (κ3) is 3.20. The lowest BCUT2D eigenvalue weighted by Gasteiger charge is -2.32. The molecule has 1 atom stereocenters. The Kier molecular flexibility index (Phi) is 3.99. The summed E-state index contributed by atoms with van der Waals surface area (Å²) in [6, 6.07) is 1.93. The van der Waals surface area contributed by atoms with E-state index in [1.807, 2.05) is 17.9 Å². The number of aryl methyl sites for hydroxylation is 1. The van der Waals surface area contributed by atoms with Gasteiger partial charge in [-0.2, -0.15) is 0 Å². The van der Waals surface area contributed by atoms with Crippen LogP contribution in [0.2, 0.25) is 0 Å². The second-order valence-corrected chi connectivity index (χ2v) is 5.09. The Morgan fingerprint density at radius 2 is 2.26 bits per heavy atom. The summed E-state index contributed by atoms with van der Waals surface area (Å²) in [6.45, 7) is 7.70. The van der Waals surface area contributed by atoms with Crippen molar-refractivity contribution < 1.29 is 9.53 Å². The molecule has 1 unspecified atom stereocenters. The summed E-state index contributed by atoms with van der Waals surface area (Å²) < 4.78 is 5.34. The maximum absolute atomic E-state index is 11.2. The molecule has 1 aliphatic heterocycles. The second-order valence-electron chi connectivity index (χ2n) is 5.09. The molecule has 19 heavy (non-hydrogen) atoms. The van der Waals surface area contributed by atoms with Gasteiger partial charge in [-0.05, 0) is 6.92 Å². The summed E-state index contributed by atoms with van der Waals surface area (Å²) in [7, 11) is 0. The predicted molar refractivity (Wildman–Crippen MR) is 72.0 cm³/mol. The van der Waals surface area contributed by atoms with E-state index in [1.54, 1.807) is 0 Å². The number of amides is 1. The van der Waals surface area contributed by atoms with Gasteiger partial charge in [0.15, 0.2) is 6.10 Å². The summed E-state index contributed by atoms with van der Waals surface area (Å²) in [5.74, 6) is 1.49. The maximum Gasteiger partial charge on any atom is 0.248 e. The number of anilines is 1. The molecule has 0 aromatic carbocycles. The van der Waals surface area contributed by atoms with E-state index in [0.29, 0.717) is 19.7 Å². The summed E-state index contributed by atoms with van der Waals surface area (Å²) in [6.07, 6.45) is -0.563. The number of hydrogen-bond donors (Lipinski definition) is 1. The van der Waals surface area contributed by atoms with E-state index in [1.165, 1.54) is 0 Å². The maximum atomic E-state index is 11.2. The highest BCUT2D eigenvalue weighted by Crippen LogP contribution is 2.19. The fraction of sp³-hybridized carbons (Fsp3) is 0.615. The van der Waals surface area contributed by atoms with Crippen LogP contribution in [-0.4, -0.2) is 41.7 Å². The fourth-order valence-corrected chi connectivity index (χ4v) is 2.02. The van der Waals surface area contributed by atoms with Crippen LogP contribution in [0.25, 0.3) is 0 Å². The Morgan fingerprint density at radius 1 is 1.53 bits per heavy atom. The van der Waals surface area contributed by atoms with Crippen molar-refractivity contribution >= 4 is 11.7 Å². The highest BCUT2D eigenvalue weighted by Gasteiger charge is 2.26. The molecule has 0 radical (unpaired) electrons. The van der Waals surface area contributed by atoms with Gasteiger partial charge in [0.2, 0.25) is 5.91 Å². The van der Waals surface area contributed by atoms with Gasteiger partial charge in [0.1, 0.15) is 11.6 Å². The van der Waals surface area contributed by atoms with Crippen molar-refractivity contribution in [2.45, 2.75) is 32.8 Å². The molecule has 1 fully saturated rings. The van der Waals surface area contributed by atoms with Crippen LogP contribution < -0.4 is 10.6 Å². The van der Waals surface area contributed by atoms with Gasteiger partial charge in [0.25, 0.3) is 0 Å². The summed E-state index contributed by atoms with van der Waals surface area (Å²) in [5, 5.41) is 0. The Labute approximate surface area is 113 Å². The standard InChI is InChI=1S/C13H20N4O2/c1-8(2)13-15-9(3)6-11(16-13)17-4-5-19-10(7-17)12(14)18/h6,8,10H,4-5,7H2,1-3H3,(H2,14,18). The molecule has 1 saturated heterocycles. The number of morpholine rings is 1. The van der Waals surface area contributed by atoms with Crippen LogP contribution in [0.1, 0.15) is 31.3 Å². The Bertz CT molecular complexity index is 476. The number of rotatable bonds is 3. The molecule has 104 valence electrons. The molecule has 1 aromatic rings. The number of nitrogens with two attached hydrogens (primary N) is 1. The van der Waals surface area contributed by atoms with Crippen molar-refractivity contribution in [2.75, 3.05) is 24.6 Å². The fourth-order valence-electron chi connectivity index (χ4n) is 2.02. The van der Waals surface area contributed by atoms with Crippen LogP contribution in [0.3, 0.4) is 0 Å². The van der Waals surface area contributed by atoms with Crippen molar-refractivity contribution in [3.63, 3.8) is 0 Å². The Balaban J connectivity index is 2.23. The first-order valence-corrected chi connectivity index (χ1v) is 6.49. The molecule has 2 heterocycles. The van der Waals surface area contributed by atoms with Crippen molar-refractivity contribution in [3.05, 3.63) is 17.6 Å². The number of carbonyl (C=O) groups is 1. The largest absolute Gasteiger partial charge is 0.367 e. The van der Waals surface area contributed by atoms with Gasteiger partial charge in [-0.3, -0.25) is 4.79 Å². The number of aromatic nitrogens is 2. The summed E-state index contributed by atoms with van der Waals surface area (Å²) in [5.41, 5.74) is 6.22. The van der Waals surface area contributed by atoms with E-state index in [-0.39, 0.29) is 5.92 Å². The molecule has 0 aliphatic carbocycles. The zero-order chi connectivity index (χ0) is 14.0. The van der Waals surface area contributed by atoms with E-state index < -0.39 is 12.0 Å². The second kappa shape index (κ2) is 5.52. The molecule has 6 nitrogen and oxygen atoms in total. The lowest BCUT2D eigenvalue weighted by molar-refractivity contribution is -0.130. The van der Waals surface area contributed by atoms with Crippen LogP contribution >= 0.6 is 0 Å². The average molecular weight is 264 g/mol. The minimum absolute atomic E-state index is 0.270. The Morgan fingerprint density at radius 3 is 2.89 bits per heavy atom. The third-order valence-corrected chi connectivity index (χ3v) is 3.08. The van der Waals surface area contributed by atoms with Crippen molar-refractivity contribution in [2.24, 2.45) is 5.73 Å². The minimum atomic E-state index is -0.563. The molecule has 0 spiro atoms. The molecule has 2 rings (SSSR count). The molecule has 0 saturated carbocycles. The Hall–Kier alpha value is -1.69. The highest BCUT2D eigenvalue weighted by atomic mass is 16.5. The smallest absolute Gasteiger partial charge is 0.248 e. The van der Waals surface area contributed by atoms with Gasteiger partial charge < -0.3 is 15.4 Å². The van der Waals surface area contributed by atoms with Crippen molar-refractivity contribution in [3.8, 4) is 0 Å². The summed E-state index contributed by atoms with van der Waals surface area (Å²) >= 11 is 0. The number of ether oxygens (including phenoxy) is 1. The van der Waals surface area contributed by atoms with Crippen LogP contribution in [0.15, 0.2) is 6.07 Å². The van der Waals surface area contributed by atoms with E-state index in [2.05, 4.69) is 23.8 Å². The van der Waals surface area contributed by atoms with Gasteiger partial charge in [-0.1, -0.05) is 13.8 Å². The molecule has 6 heteroatoms. The third-order valence-electron chi connectivity index (χ3n) is 3.08. The first-order chi connectivity index (χ1) is 8.97. The molecule has 1 amide bonds. The molecule has 2 N–H and O–H groups in total. The monoisotopic (exact) mass is 264 g/mol. The van der Waals surface area contributed by atoms with Gasteiger partial charge in [-0.25, -0.2) is 9.97 Å². The van der Waals surface area contributed by atoms with E-state index >= 15 is 0 Å². The average Bonchev–Trinajstić information content (AvgIpc) is 2.38. The van der Waals surface area contributed by atoms with Gasteiger partial charge in [0.05, 0.1) is 13.2 Å². The first kappa shape index (κ1) is 13.7. The molecular weight excluding hydrogens is 244 g/mol. The lowest BCUT2D eigenvalue weighted by atomic mass is 10.2. The van der Waals surface area contributed by atoms with Gasteiger partial charge in [0, 0.05) is 24.2 Å². The molecular formula is C13H20N4O2. The highest BCUT2D eigenvalue weighted by molar-refractivity contribution is 5.79. The van der Waals surface area contributed by atoms with Crippen molar-refractivity contribution in [1.82, 2.24) is 9.97 Å². The van der Waals surface area contributed by atoms with Crippen LogP contribution in [0.5, 0.6) is 0 Å². The van der Waals surface area contributed by atoms with E-state index in [9.17, 15) is 4.79 Å². The SMILES string of the molecule is Cc1cc(N2CCOC(C(N)=O)C2)nc(C(C)C)n1. The minimum Gasteiger partial charge on any atom is -0.367 e. The lowest BCUT2D eigenvalue weighted by Crippen LogP contribution is -2.48. The zero-order valence-electron chi connectivity index (χ0n) is 11.6. The first-order valence-electron chi connectivity index (χ1n) is 6.49. The van der Waals surface area contributed by atoms with Gasteiger partial charge >= 0.3 is 0 Å². The number of nitrogens with zero attached hydrogens (tertiary/aromatic N) is 3. The van der Waals surface area contributed by atoms with E-state index in [4.69, 9.17) is 10.5 Å². The quantitative estimate of drug-likeness (QED) is 0.864. The van der Waals surface area contributed by atoms with Crippen molar-refractivity contribution in [1.29, 1.82) is 0 Å². The molecule has 1 aromatic heterocycles. The predicted octanol–water partition coefficient (Wildman–Crippen LogP) is 0.599. The van der Waals surface area contributed by atoms with Crippen LogP contribution in [-0.2, 0) is 9.53 Å². The van der Waals surface area contributed by atoms with E-state index in [0.717, 1.165) is 17.3 Å². The number of hydrogen-bond acceptors (Lipinski definition) is 5. The normalized spacial score (nSPS) is 19.8. The van der Waals surface area contributed by atoms with Gasteiger partial charge in [-0.15, -0.1) is 0 Å². The zero-order valence-corrected chi connectivity index (χ0v) is 11.6. The van der Waals surface area contributed by atoms with Crippen LogP contribution in [0.4, 0.5) is 5.82 Å². The molecule has 0 bridgehead atoms. The molecule has 1 aliphatic rings.